The first-order chi connectivity index (χ1) is 4.42. The Morgan fingerprint density at radius 2 is 2.10 bits per heavy atom. The highest BCUT2D eigenvalue weighted by Gasteiger charge is 2.10. The van der Waals surface area contributed by atoms with E-state index in [9.17, 15) is 14.5 Å². The number of hydrogen-bond acceptors (Lipinski definition) is 4. The van der Waals surface area contributed by atoms with E-state index in [2.05, 4.69) is 0 Å². The molecule has 10 heavy (non-hydrogen) atoms. The van der Waals surface area contributed by atoms with E-state index in [1.54, 1.807) is 0 Å². The maximum atomic E-state index is 10.0. The van der Waals surface area contributed by atoms with Crippen LogP contribution >= 0.6 is 7.60 Å². The average molecular weight is 168 g/mol. The van der Waals surface area contributed by atoms with Crippen molar-refractivity contribution in [3.8, 4) is 0 Å². The van der Waals surface area contributed by atoms with Crippen LogP contribution in [0.15, 0.2) is 0 Å². The molecule has 0 atom stereocenters. The molecule has 7 heteroatoms. The molecule has 0 aliphatic carbocycles. The van der Waals surface area contributed by atoms with Gasteiger partial charge in [0.05, 0.1) is 12.3 Å². The van der Waals surface area contributed by atoms with Gasteiger partial charge in [-0.05, 0) is 0 Å². The summed E-state index contributed by atoms with van der Waals surface area (Å²) in [5.41, 5.74) is 0. The van der Waals surface area contributed by atoms with Crippen LogP contribution in [-0.4, -0.2) is 28.6 Å². The molecule has 60 valence electrons. The van der Waals surface area contributed by atoms with Gasteiger partial charge in [-0.15, -0.1) is 0 Å². The summed E-state index contributed by atoms with van der Waals surface area (Å²) in [6, 6.07) is 0. The Labute approximate surface area is 57.0 Å². The molecule has 0 aliphatic rings. The SMILES string of the molecule is O=C([O-])CNCP(=O)(O)O. The maximum Gasteiger partial charge on any atom is 0.339 e. The fourth-order valence-corrected chi connectivity index (χ4v) is 0.707. The van der Waals surface area contributed by atoms with Gasteiger partial charge < -0.3 is 25.0 Å². The van der Waals surface area contributed by atoms with Gasteiger partial charge in [-0.25, -0.2) is 0 Å². The molecule has 0 heterocycles. The lowest BCUT2D eigenvalue weighted by molar-refractivity contribution is -0.303. The molecule has 0 rings (SSSR count). The predicted octanol–water partition coefficient (Wildman–Crippen LogP) is -2.54. The van der Waals surface area contributed by atoms with Crippen LogP contribution in [0.2, 0.25) is 0 Å². The third-order valence-corrected chi connectivity index (χ3v) is 1.22. The van der Waals surface area contributed by atoms with E-state index in [4.69, 9.17) is 9.79 Å². The topological polar surface area (TPSA) is 110 Å². The second-order valence-corrected chi connectivity index (χ2v) is 3.27. The molecule has 0 unspecified atom stereocenters. The van der Waals surface area contributed by atoms with Crippen LogP contribution in [0.25, 0.3) is 0 Å². The largest absolute Gasteiger partial charge is 0.549 e. The summed E-state index contributed by atoms with van der Waals surface area (Å²) < 4.78 is 10.0. The van der Waals surface area contributed by atoms with Gasteiger partial charge >= 0.3 is 7.60 Å². The van der Waals surface area contributed by atoms with E-state index >= 15 is 0 Å². The molecule has 0 fully saturated rings. The van der Waals surface area contributed by atoms with Crippen molar-refractivity contribution < 1.29 is 24.3 Å². The van der Waals surface area contributed by atoms with Crippen LogP contribution in [0, 0.1) is 0 Å². The molecular weight excluding hydrogens is 161 g/mol. The smallest absolute Gasteiger partial charge is 0.339 e. The molecule has 0 aromatic carbocycles. The number of hydrogen-bond donors (Lipinski definition) is 3. The van der Waals surface area contributed by atoms with E-state index < -0.39 is 26.4 Å². The van der Waals surface area contributed by atoms with E-state index in [0.29, 0.717) is 0 Å². The molecule has 0 bridgehead atoms. The van der Waals surface area contributed by atoms with Crippen LogP contribution in [0.5, 0.6) is 0 Å². The summed E-state index contributed by atoms with van der Waals surface area (Å²) in [5, 5.41) is 11.7. The maximum absolute atomic E-state index is 10.0. The van der Waals surface area contributed by atoms with Crippen molar-refractivity contribution in [3.63, 3.8) is 0 Å². The molecule has 0 aromatic heterocycles. The molecule has 0 radical (unpaired) electrons. The van der Waals surface area contributed by atoms with Crippen LogP contribution in [0.3, 0.4) is 0 Å². The van der Waals surface area contributed by atoms with Crippen molar-refractivity contribution in [1.29, 1.82) is 0 Å². The average Bonchev–Trinajstić information content (AvgIpc) is 1.59. The summed E-state index contributed by atoms with van der Waals surface area (Å²) in [6.07, 6.45) is -0.638. The lowest BCUT2D eigenvalue weighted by Crippen LogP contribution is -2.34. The Morgan fingerprint density at radius 3 is 2.40 bits per heavy atom. The summed E-state index contributed by atoms with van der Waals surface area (Å²) in [4.78, 5) is 26.0. The molecule has 0 saturated heterocycles. The third kappa shape index (κ3) is 7.58. The normalized spacial score (nSPS) is 11.4. The van der Waals surface area contributed by atoms with Crippen molar-refractivity contribution >= 4 is 13.6 Å². The Hall–Kier alpha value is -0.420. The quantitative estimate of drug-likeness (QED) is 0.399. The molecule has 0 amide bonds. The second-order valence-electron chi connectivity index (χ2n) is 1.62. The zero-order valence-electron chi connectivity index (χ0n) is 4.98. The predicted molar refractivity (Wildman–Crippen MR) is 29.9 cm³/mol. The molecule has 3 N–H and O–H groups in total. The fourth-order valence-electron chi connectivity index (χ4n) is 0.304. The Morgan fingerprint density at radius 1 is 1.60 bits per heavy atom. The van der Waals surface area contributed by atoms with Crippen molar-refractivity contribution in [3.05, 3.63) is 0 Å². The first-order valence-corrected chi connectivity index (χ1v) is 4.17. The highest BCUT2D eigenvalue weighted by atomic mass is 31.2. The van der Waals surface area contributed by atoms with Gasteiger partial charge in [0, 0.05) is 6.54 Å². The van der Waals surface area contributed by atoms with Gasteiger partial charge in [0.2, 0.25) is 0 Å². The minimum Gasteiger partial charge on any atom is -0.549 e. The molecule has 0 spiro atoms. The van der Waals surface area contributed by atoms with Crippen LogP contribution in [0.1, 0.15) is 0 Å². The van der Waals surface area contributed by atoms with Gasteiger partial charge in [0.25, 0.3) is 0 Å². The standard InChI is InChI=1S/C3H8NO5P/c5-3(6)1-4-2-10(7,8)9/h4H,1-2H2,(H,5,6)(H2,7,8,9)/p-1. The van der Waals surface area contributed by atoms with Gasteiger partial charge in [-0.3, -0.25) is 4.57 Å². The Bertz CT molecular complexity index is 162. The van der Waals surface area contributed by atoms with Crippen LogP contribution in [0.4, 0.5) is 0 Å². The van der Waals surface area contributed by atoms with Gasteiger partial charge in [0.1, 0.15) is 0 Å². The second kappa shape index (κ2) is 3.68. The van der Waals surface area contributed by atoms with Crippen LogP contribution in [-0.2, 0) is 9.36 Å². The van der Waals surface area contributed by atoms with Gasteiger partial charge in [0.15, 0.2) is 0 Å². The number of nitrogens with one attached hydrogen (secondary N) is 1. The minimum atomic E-state index is -4.12. The molecule has 0 aliphatic heterocycles. The number of aliphatic carboxylic acids is 1. The van der Waals surface area contributed by atoms with Gasteiger partial charge in [-0.2, -0.15) is 0 Å². The zero-order valence-corrected chi connectivity index (χ0v) is 5.88. The van der Waals surface area contributed by atoms with Crippen molar-refractivity contribution in [1.82, 2.24) is 5.32 Å². The van der Waals surface area contributed by atoms with Crippen molar-refractivity contribution in [2.24, 2.45) is 0 Å². The monoisotopic (exact) mass is 168 g/mol. The molecule has 0 aromatic rings. The lowest BCUT2D eigenvalue weighted by Gasteiger charge is -2.05. The first-order valence-electron chi connectivity index (χ1n) is 2.37. The first kappa shape index (κ1) is 9.58. The van der Waals surface area contributed by atoms with E-state index in [0.717, 1.165) is 0 Å². The summed E-state index contributed by atoms with van der Waals surface area (Å²) in [7, 11) is -4.12. The highest BCUT2D eigenvalue weighted by molar-refractivity contribution is 7.51. The van der Waals surface area contributed by atoms with Crippen molar-refractivity contribution in [2.75, 3.05) is 12.8 Å². The zero-order chi connectivity index (χ0) is 8.20. The molecular formula is C3H7NO5P-. The Kier molecular flexibility index (Phi) is 3.52. The highest BCUT2D eigenvalue weighted by Crippen LogP contribution is 2.31. The minimum absolute atomic E-state index is 0.550. The third-order valence-electron chi connectivity index (χ3n) is 0.587. The fraction of sp³-hybridized carbons (Fsp3) is 0.667. The number of carboxylic acids is 1. The van der Waals surface area contributed by atoms with Crippen LogP contribution < -0.4 is 10.4 Å². The molecule has 0 saturated carbocycles. The summed E-state index contributed by atoms with van der Waals surface area (Å²) in [5.74, 6) is -1.39. The van der Waals surface area contributed by atoms with Crippen molar-refractivity contribution in [2.45, 2.75) is 0 Å². The summed E-state index contributed by atoms with van der Waals surface area (Å²) in [6.45, 7) is -0.550. The number of carbonyl (C=O) groups excluding carboxylic acids is 1. The lowest BCUT2D eigenvalue weighted by atomic mass is 10.7. The Balaban J connectivity index is 3.39. The number of rotatable bonds is 4. The number of carboxylic acid groups (broad SMARTS) is 1. The van der Waals surface area contributed by atoms with E-state index in [1.807, 2.05) is 5.32 Å². The summed E-state index contributed by atoms with van der Waals surface area (Å²) >= 11 is 0. The molecule has 6 nitrogen and oxygen atoms in total. The van der Waals surface area contributed by atoms with E-state index in [-0.39, 0.29) is 0 Å². The van der Waals surface area contributed by atoms with E-state index in [1.165, 1.54) is 0 Å². The van der Waals surface area contributed by atoms with Gasteiger partial charge in [-0.1, -0.05) is 0 Å². The number of carbonyl (C=O) groups is 1.